The van der Waals surface area contributed by atoms with Gasteiger partial charge in [0.15, 0.2) is 11.5 Å². The quantitative estimate of drug-likeness (QED) is 0.571. The third-order valence-corrected chi connectivity index (χ3v) is 5.10. The molecule has 150 valence electrons. The minimum absolute atomic E-state index is 0.117. The largest absolute Gasteiger partial charge is 0.493 e. The zero-order valence-electron chi connectivity index (χ0n) is 16.4. The minimum atomic E-state index is -0.576. The lowest BCUT2D eigenvalue weighted by atomic mass is 10.1. The van der Waals surface area contributed by atoms with E-state index in [0.29, 0.717) is 16.4 Å². The molecule has 0 spiro atoms. The van der Waals surface area contributed by atoms with Gasteiger partial charge in [-0.15, -0.1) is 11.3 Å². The summed E-state index contributed by atoms with van der Waals surface area (Å²) >= 11 is 1.31. The SMILES string of the molecule is COc1cc(NC(=O)c2cccs2)c(C(=O)OCc2ccc(C)cc2)cc1OC. The van der Waals surface area contributed by atoms with E-state index in [0.717, 1.165) is 11.1 Å². The number of aryl methyl sites for hydroxylation is 1. The molecule has 29 heavy (non-hydrogen) atoms. The molecule has 7 heteroatoms. The van der Waals surface area contributed by atoms with Crippen LogP contribution in [0.2, 0.25) is 0 Å². The molecule has 0 fully saturated rings. The van der Waals surface area contributed by atoms with Crippen LogP contribution in [-0.4, -0.2) is 26.1 Å². The maximum Gasteiger partial charge on any atom is 0.340 e. The summed E-state index contributed by atoms with van der Waals surface area (Å²) in [5, 5.41) is 4.57. The van der Waals surface area contributed by atoms with Crippen molar-refractivity contribution in [3.8, 4) is 11.5 Å². The number of thiophene rings is 1. The van der Waals surface area contributed by atoms with Crippen molar-refractivity contribution in [1.29, 1.82) is 0 Å². The van der Waals surface area contributed by atoms with Crippen molar-refractivity contribution < 1.29 is 23.8 Å². The highest BCUT2D eigenvalue weighted by Gasteiger charge is 2.20. The van der Waals surface area contributed by atoms with E-state index < -0.39 is 5.97 Å². The monoisotopic (exact) mass is 411 g/mol. The smallest absolute Gasteiger partial charge is 0.340 e. The van der Waals surface area contributed by atoms with E-state index in [-0.39, 0.29) is 23.8 Å². The van der Waals surface area contributed by atoms with Crippen molar-refractivity contribution in [3.05, 3.63) is 75.5 Å². The van der Waals surface area contributed by atoms with E-state index in [4.69, 9.17) is 14.2 Å². The fourth-order valence-electron chi connectivity index (χ4n) is 2.65. The average Bonchev–Trinajstić information content (AvgIpc) is 3.28. The molecule has 0 aliphatic rings. The van der Waals surface area contributed by atoms with Crippen LogP contribution in [0.25, 0.3) is 0 Å². The number of rotatable bonds is 7. The van der Waals surface area contributed by atoms with E-state index in [1.165, 1.54) is 31.6 Å². The van der Waals surface area contributed by atoms with E-state index in [9.17, 15) is 9.59 Å². The molecule has 0 aliphatic carbocycles. The summed E-state index contributed by atoms with van der Waals surface area (Å²) in [5.41, 5.74) is 2.46. The van der Waals surface area contributed by atoms with Gasteiger partial charge in [-0.2, -0.15) is 0 Å². The highest BCUT2D eigenvalue weighted by Crippen LogP contribution is 2.34. The summed E-state index contributed by atoms with van der Waals surface area (Å²) in [4.78, 5) is 25.8. The predicted octanol–water partition coefficient (Wildman–Crippen LogP) is 4.68. The Bertz CT molecular complexity index is 997. The van der Waals surface area contributed by atoms with Gasteiger partial charge in [-0.3, -0.25) is 4.79 Å². The summed E-state index contributed by atoms with van der Waals surface area (Å²) in [6.45, 7) is 2.10. The number of amides is 1. The molecule has 3 rings (SSSR count). The number of nitrogens with one attached hydrogen (secondary N) is 1. The highest BCUT2D eigenvalue weighted by atomic mass is 32.1. The van der Waals surface area contributed by atoms with Crippen LogP contribution >= 0.6 is 11.3 Å². The van der Waals surface area contributed by atoms with Crippen LogP contribution in [0.15, 0.2) is 53.9 Å². The maximum absolute atomic E-state index is 12.8. The molecule has 6 nitrogen and oxygen atoms in total. The van der Waals surface area contributed by atoms with Crippen LogP contribution < -0.4 is 14.8 Å². The fraction of sp³-hybridized carbons (Fsp3) is 0.182. The second-order valence-electron chi connectivity index (χ2n) is 6.25. The van der Waals surface area contributed by atoms with Gasteiger partial charge in [-0.1, -0.05) is 35.9 Å². The number of carbonyl (C=O) groups is 2. The van der Waals surface area contributed by atoms with Gasteiger partial charge in [0.2, 0.25) is 0 Å². The molecule has 3 aromatic rings. The summed E-state index contributed by atoms with van der Waals surface area (Å²) in [6.07, 6.45) is 0. The van der Waals surface area contributed by atoms with Gasteiger partial charge in [0.1, 0.15) is 6.61 Å². The Hall–Kier alpha value is -3.32. The third kappa shape index (κ3) is 4.94. The number of hydrogen-bond donors (Lipinski definition) is 1. The van der Waals surface area contributed by atoms with Gasteiger partial charge in [0.05, 0.1) is 30.3 Å². The molecule has 0 atom stereocenters. The molecule has 0 unspecified atom stereocenters. The standard InChI is InChI=1S/C22H21NO5S/c1-14-6-8-15(9-7-14)13-28-22(25)16-11-18(26-2)19(27-3)12-17(16)23-21(24)20-5-4-10-29-20/h4-12H,13H2,1-3H3,(H,23,24). The molecular weight excluding hydrogens is 390 g/mol. The van der Waals surface area contributed by atoms with Crippen molar-refractivity contribution in [1.82, 2.24) is 0 Å². The first-order valence-corrected chi connectivity index (χ1v) is 9.73. The van der Waals surface area contributed by atoms with Crippen molar-refractivity contribution in [3.63, 3.8) is 0 Å². The normalized spacial score (nSPS) is 10.3. The van der Waals surface area contributed by atoms with E-state index in [1.54, 1.807) is 23.6 Å². The van der Waals surface area contributed by atoms with Gasteiger partial charge in [-0.05, 0) is 23.9 Å². The molecule has 0 saturated carbocycles. The van der Waals surface area contributed by atoms with E-state index in [2.05, 4.69) is 5.32 Å². The van der Waals surface area contributed by atoms with E-state index in [1.807, 2.05) is 31.2 Å². The first-order chi connectivity index (χ1) is 14.0. The van der Waals surface area contributed by atoms with Gasteiger partial charge >= 0.3 is 5.97 Å². The summed E-state index contributed by atoms with van der Waals surface area (Å²) in [7, 11) is 2.96. The molecule has 1 amide bonds. The Labute approximate surface area is 173 Å². The summed E-state index contributed by atoms with van der Waals surface area (Å²) in [6, 6.07) is 14.2. The second kappa shape index (κ2) is 9.25. The number of anilines is 1. The second-order valence-corrected chi connectivity index (χ2v) is 7.19. The zero-order chi connectivity index (χ0) is 20.8. The van der Waals surface area contributed by atoms with Crippen LogP contribution in [0.3, 0.4) is 0 Å². The van der Waals surface area contributed by atoms with Crippen molar-refractivity contribution in [2.75, 3.05) is 19.5 Å². The lowest BCUT2D eigenvalue weighted by molar-refractivity contribution is 0.0473. The molecule has 0 saturated heterocycles. The van der Waals surface area contributed by atoms with Crippen molar-refractivity contribution >= 4 is 28.9 Å². The summed E-state index contributed by atoms with van der Waals surface area (Å²) in [5.74, 6) is -0.138. The number of ether oxygens (including phenoxy) is 3. The van der Waals surface area contributed by atoms with Gasteiger partial charge in [0.25, 0.3) is 5.91 Å². The first kappa shape index (κ1) is 20.4. The lowest BCUT2D eigenvalue weighted by Crippen LogP contribution is -2.15. The molecule has 1 N–H and O–H groups in total. The van der Waals surface area contributed by atoms with Crippen molar-refractivity contribution in [2.24, 2.45) is 0 Å². The van der Waals surface area contributed by atoms with Crippen molar-refractivity contribution in [2.45, 2.75) is 13.5 Å². The molecule has 1 heterocycles. The topological polar surface area (TPSA) is 73.9 Å². The predicted molar refractivity (Wildman–Crippen MR) is 112 cm³/mol. The lowest BCUT2D eigenvalue weighted by Gasteiger charge is -2.15. The Morgan fingerprint density at radius 3 is 2.31 bits per heavy atom. The molecule has 0 aliphatic heterocycles. The Morgan fingerprint density at radius 1 is 1.00 bits per heavy atom. The third-order valence-electron chi connectivity index (χ3n) is 4.23. The van der Waals surface area contributed by atoms with Crippen LogP contribution in [-0.2, 0) is 11.3 Å². The van der Waals surface area contributed by atoms with Crippen LogP contribution in [0, 0.1) is 6.92 Å². The molecule has 0 radical (unpaired) electrons. The fourth-order valence-corrected chi connectivity index (χ4v) is 3.27. The summed E-state index contributed by atoms with van der Waals surface area (Å²) < 4.78 is 16.0. The number of methoxy groups -OCH3 is 2. The first-order valence-electron chi connectivity index (χ1n) is 8.85. The minimum Gasteiger partial charge on any atom is -0.493 e. The maximum atomic E-state index is 12.8. The number of esters is 1. The molecule has 2 aromatic carbocycles. The van der Waals surface area contributed by atoms with Crippen LogP contribution in [0.4, 0.5) is 5.69 Å². The van der Waals surface area contributed by atoms with Crippen LogP contribution in [0.5, 0.6) is 11.5 Å². The number of benzene rings is 2. The van der Waals surface area contributed by atoms with Gasteiger partial charge in [-0.25, -0.2) is 4.79 Å². The van der Waals surface area contributed by atoms with E-state index >= 15 is 0 Å². The molecule has 0 bridgehead atoms. The van der Waals surface area contributed by atoms with Crippen LogP contribution in [0.1, 0.15) is 31.2 Å². The van der Waals surface area contributed by atoms with Gasteiger partial charge in [0, 0.05) is 12.1 Å². The number of hydrogen-bond acceptors (Lipinski definition) is 6. The molecule has 1 aromatic heterocycles. The number of carbonyl (C=O) groups excluding carboxylic acids is 2. The Kier molecular flexibility index (Phi) is 6.51. The average molecular weight is 411 g/mol. The highest BCUT2D eigenvalue weighted by molar-refractivity contribution is 7.12. The van der Waals surface area contributed by atoms with Gasteiger partial charge < -0.3 is 19.5 Å². The Balaban J connectivity index is 1.86. The molecular formula is C22H21NO5S. The Morgan fingerprint density at radius 2 is 1.69 bits per heavy atom. The zero-order valence-corrected chi connectivity index (χ0v) is 17.2.